The molecule has 6 heteroatoms. The molecule has 98 valence electrons. The fraction of sp³-hybridized carbons (Fsp3) is 0.231. The van der Waals surface area contributed by atoms with Crippen LogP contribution in [0.1, 0.15) is 16.4 Å². The third-order valence-electron chi connectivity index (χ3n) is 3.06. The van der Waals surface area contributed by atoms with Crippen LogP contribution in [0, 0.1) is 12.7 Å². The van der Waals surface area contributed by atoms with Gasteiger partial charge in [-0.05, 0) is 19.1 Å². The molecule has 0 radical (unpaired) electrons. The largest absolute Gasteiger partial charge is 0.319 e. The van der Waals surface area contributed by atoms with E-state index in [1.807, 2.05) is 11.5 Å². The minimum Gasteiger partial charge on any atom is -0.319 e. The summed E-state index contributed by atoms with van der Waals surface area (Å²) in [6.07, 6.45) is 0. The van der Waals surface area contributed by atoms with Crippen LogP contribution in [0.3, 0.4) is 0 Å². The molecule has 2 aromatic heterocycles. The first-order chi connectivity index (χ1) is 9.20. The first-order valence-corrected chi connectivity index (χ1v) is 7.20. The number of nitrogens with zero attached hydrogens (tertiary/aromatic N) is 3. The highest BCUT2D eigenvalue weighted by Crippen LogP contribution is 2.24. The molecular weight excluding hydrogens is 285 g/mol. The zero-order valence-corrected chi connectivity index (χ0v) is 11.8. The van der Waals surface area contributed by atoms with Gasteiger partial charge in [0.15, 0.2) is 0 Å². The number of para-hydroxylation sites is 1. The number of benzene rings is 1. The highest BCUT2D eigenvalue weighted by Gasteiger charge is 2.15. The lowest BCUT2D eigenvalue weighted by molar-refractivity contribution is 0.626. The third kappa shape index (κ3) is 2.13. The van der Waals surface area contributed by atoms with E-state index in [1.54, 1.807) is 29.0 Å². The predicted molar refractivity (Wildman–Crippen MR) is 75.2 cm³/mol. The minimum absolute atomic E-state index is 0.256. The van der Waals surface area contributed by atoms with E-state index < -0.39 is 0 Å². The van der Waals surface area contributed by atoms with Crippen molar-refractivity contribution in [3.63, 3.8) is 0 Å². The number of aromatic nitrogens is 3. The van der Waals surface area contributed by atoms with E-state index in [0.29, 0.717) is 23.4 Å². The minimum atomic E-state index is -0.275. The van der Waals surface area contributed by atoms with Gasteiger partial charge in [0.25, 0.3) is 0 Å². The smallest absolute Gasteiger partial charge is 0.149 e. The fourth-order valence-electron chi connectivity index (χ4n) is 2.08. The van der Waals surface area contributed by atoms with Crippen molar-refractivity contribution in [2.75, 3.05) is 0 Å². The van der Waals surface area contributed by atoms with E-state index in [2.05, 4.69) is 9.97 Å². The number of halogens is 2. The molecule has 0 spiro atoms. The van der Waals surface area contributed by atoms with Crippen LogP contribution in [0.2, 0.25) is 0 Å². The molecule has 1 aromatic carbocycles. The number of fused-ring (bicyclic) bond motifs is 1. The Kier molecular flexibility index (Phi) is 3.24. The molecule has 3 aromatic rings. The maximum Gasteiger partial charge on any atom is 0.149 e. The van der Waals surface area contributed by atoms with Gasteiger partial charge in [-0.2, -0.15) is 0 Å². The summed E-state index contributed by atoms with van der Waals surface area (Å²) in [5.74, 6) is 0.657. The second-order valence-corrected chi connectivity index (χ2v) is 5.42. The normalized spacial score (nSPS) is 11.3. The van der Waals surface area contributed by atoms with Gasteiger partial charge in [-0.15, -0.1) is 22.9 Å². The van der Waals surface area contributed by atoms with Crippen molar-refractivity contribution in [2.24, 2.45) is 0 Å². The monoisotopic (exact) mass is 295 g/mol. The fourth-order valence-corrected chi connectivity index (χ4v) is 3.05. The number of thiazole rings is 1. The Morgan fingerprint density at radius 1 is 1.42 bits per heavy atom. The first kappa shape index (κ1) is 12.6. The Morgan fingerprint density at radius 3 is 2.95 bits per heavy atom. The Hall–Kier alpha value is -1.46. The average molecular weight is 296 g/mol. The SMILES string of the molecule is Cc1ncsc1Cn1c(CCl)nc2cccc(F)c21. The van der Waals surface area contributed by atoms with Crippen LogP contribution < -0.4 is 0 Å². The van der Waals surface area contributed by atoms with E-state index >= 15 is 0 Å². The molecule has 3 rings (SSSR count). The average Bonchev–Trinajstić information content (AvgIpc) is 2.96. The van der Waals surface area contributed by atoms with Crippen molar-refractivity contribution >= 4 is 34.0 Å². The molecule has 0 fully saturated rings. The number of rotatable bonds is 3. The van der Waals surface area contributed by atoms with Crippen LogP contribution in [0.25, 0.3) is 11.0 Å². The van der Waals surface area contributed by atoms with Crippen LogP contribution in [-0.2, 0) is 12.4 Å². The maximum absolute atomic E-state index is 14.0. The molecule has 0 saturated carbocycles. The summed E-state index contributed by atoms with van der Waals surface area (Å²) in [6.45, 7) is 2.50. The van der Waals surface area contributed by atoms with E-state index in [-0.39, 0.29) is 11.7 Å². The number of hydrogen-bond acceptors (Lipinski definition) is 3. The predicted octanol–water partition coefficient (Wildman–Crippen LogP) is 3.73. The molecule has 0 bridgehead atoms. The Balaban J connectivity index is 2.18. The van der Waals surface area contributed by atoms with Crippen LogP contribution in [0.5, 0.6) is 0 Å². The van der Waals surface area contributed by atoms with Gasteiger partial charge in [-0.3, -0.25) is 0 Å². The Bertz CT molecular complexity index is 735. The van der Waals surface area contributed by atoms with Crippen molar-refractivity contribution in [3.8, 4) is 0 Å². The Morgan fingerprint density at radius 2 is 2.26 bits per heavy atom. The van der Waals surface area contributed by atoms with Gasteiger partial charge in [-0.25, -0.2) is 14.4 Å². The molecule has 0 unspecified atom stereocenters. The molecule has 0 aliphatic carbocycles. The highest BCUT2D eigenvalue weighted by molar-refractivity contribution is 7.09. The molecule has 0 N–H and O–H groups in total. The van der Waals surface area contributed by atoms with Gasteiger partial charge in [0.1, 0.15) is 17.2 Å². The summed E-state index contributed by atoms with van der Waals surface area (Å²) < 4.78 is 15.8. The standard InChI is InChI=1S/C13H11ClFN3S/c1-8-11(19-7-16-8)6-18-12(5-14)17-10-4-2-3-9(15)13(10)18/h2-4,7H,5-6H2,1H3. The molecular formula is C13H11ClFN3S. The van der Waals surface area contributed by atoms with Gasteiger partial charge < -0.3 is 4.57 Å². The summed E-state index contributed by atoms with van der Waals surface area (Å²) in [7, 11) is 0. The van der Waals surface area contributed by atoms with Gasteiger partial charge in [-0.1, -0.05) is 6.07 Å². The van der Waals surface area contributed by atoms with E-state index in [4.69, 9.17) is 11.6 Å². The van der Waals surface area contributed by atoms with Crippen molar-refractivity contribution < 1.29 is 4.39 Å². The molecule has 3 nitrogen and oxygen atoms in total. The summed E-state index contributed by atoms with van der Waals surface area (Å²) in [5.41, 5.74) is 3.90. The molecule has 19 heavy (non-hydrogen) atoms. The van der Waals surface area contributed by atoms with Crippen LogP contribution in [-0.4, -0.2) is 14.5 Å². The van der Waals surface area contributed by atoms with E-state index in [9.17, 15) is 4.39 Å². The van der Waals surface area contributed by atoms with Crippen molar-refractivity contribution in [1.82, 2.24) is 14.5 Å². The first-order valence-electron chi connectivity index (χ1n) is 5.79. The molecule has 0 atom stereocenters. The lowest BCUT2D eigenvalue weighted by atomic mass is 10.3. The van der Waals surface area contributed by atoms with Gasteiger partial charge >= 0.3 is 0 Å². The van der Waals surface area contributed by atoms with Crippen LogP contribution in [0.4, 0.5) is 4.39 Å². The zero-order valence-electron chi connectivity index (χ0n) is 10.2. The maximum atomic E-state index is 14.0. The zero-order chi connectivity index (χ0) is 13.4. The number of hydrogen-bond donors (Lipinski definition) is 0. The summed E-state index contributed by atoms with van der Waals surface area (Å²) in [4.78, 5) is 9.68. The topological polar surface area (TPSA) is 30.7 Å². The van der Waals surface area contributed by atoms with Gasteiger partial charge in [0, 0.05) is 4.88 Å². The quantitative estimate of drug-likeness (QED) is 0.689. The van der Waals surface area contributed by atoms with Crippen molar-refractivity contribution in [2.45, 2.75) is 19.3 Å². The molecule has 0 saturated heterocycles. The van der Waals surface area contributed by atoms with E-state index in [1.165, 1.54) is 6.07 Å². The third-order valence-corrected chi connectivity index (χ3v) is 4.22. The van der Waals surface area contributed by atoms with Crippen LogP contribution >= 0.6 is 22.9 Å². The Labute approximate surface area is 118 Å². The number of aryl methyl sites for hydroxylation is 1. The summed E-state index contributed by atoms with van der Waals surface area (Å²) in [5, 5.41) is 0. The van der Waals surface area contributed by atoms with Crippen molar-refractivity contribution in [3.05, 3.63) is 45.9 Å². The summed E-state index contributed by atoms with van der Waals surface area (Å²) in [6, 6.07) is 4.90. The lowest BCUT2D eigenvalue weighted by Gasteiger charge is -2.07. The molecule has 0 aliphatic heterocycles. The van der Waals surface area contributed by atoms with Gasteiger partial charge in [0.2, 0.25) is 0 Å². The second kappa shape index (κ2) is 4.90. The highest BCUT2D eigenvalue weighted by atomic mass is 35.5. The number of alkyl halides is 1. The summed E-state index contributed by atoms with van der Waals surface area (Å²) >= 11 is 7.47. The molecule has 0 amide bonds. The molecule has 2 heterocycles. The number of imidazole rings is 1. The second-order valence-electron chi connectivity index (χ2n) is 4.22. The van der Waals surface area contributed by atoms with E-state index in [0.717, 1.165) is 10.6 Å². The lowest BCUT2D eigenvalue weighted by Crippen LogP contribution is -2.04. The van der Waals surface area contributed by atoms with Crippen LogP contribution in [0.15, 0.2) is 23.7 Å². The molecule has 0 aliphatic rings. The van der Waals surface area contributed by atoms with Crippen molar-refractivity contribution in [1.29, 1.82) is 0 Å². The van der Waals surface area contributed by atoms with Gasteiger partial charge in [0.05, 0.1) is 29.1 Å².